The molecule has 0 aliphatic heterocycles. The van der Waals surface area contributed by atoms with E-state index in [1.54, 1.807) is 24.3 Å². The quantitative estimate of drug-likeness (QED) is 0.713. The number of halogens is 1. The van der Waals surface area contributed by atoms with Crippen LogP contribution in [0, 0.1) is 0 Å². The van der Waals surface area contributed by atoms with Gasteiger partial charge in [0.05, 0.1) is 4.88 Å². The molecule has 3 rings (SSSR count). The largest absolute Gasteiger partial charge is 0.355 e. The maximum absolute atomic E-state index is 12.0. The Bertz CT molecular complexity index is 828. The fraction of sp³-hybridized carbons (Fsp3) is 0. The van der Waals surface area contributed by atoms with Gasteiger partial charge in [-0.15, -0.1) is 11.3 Å². The molecule has 6 nitrogen and oxygen atoms in total. The van der Waals surface area contributed by atoms with Gasteiger partial charge in [-0.05, 0) is 35.7 Å². The molecule has 0 aliphatic rings. The maximum Gasteiger partial charge on any atom is 0.291 e. The van der Waals surface area contributed by atoms with Crippen LogP contribution in [0.15, 0.2) is 52.4 Å². The summed E-state index contributed by atoms with van der Waals surface area (Å²) in [5.41, 5.74) is 5.02. The molecule has 0 atom stereocenters. The predicted octanol–water partition coefficient (Wildman–Crippen LogP) is 3.13. The van der Waals surface area contributed by atoms with E-state index in [-0.39, 0.29) is 5.69 Å². The number of rotatable bonds is 3. The monoisotopic (exact) mass is 347 g/mol. The second-order valence-corrected chi connectivity index (χ2v) is 5.85. The normalized spacial score (nSPS) is 10.3. The first-order valence-electron chi connectivity index (χ1n) is 6.50. The third kappa shape index (κ3) is 3.58. The fourth-order valence-corrected chi connectivity index (χ4v) is 2.57. The molecule has 0 saturated carbocycles. The van der Waals surface area contributed by atoms with Gasteiger partial charge in [-0.1, -0.05) is 22.8 Å². The standard InChI is InChI=1S/C15H10ClN3O3S/c16-10-5-3-9(4-6-10)14(20)17-18-15(21)11-8-12(22-19-11)13-2-1-7-23-13/h1-8H,(H,17,20)(H,18,21). The molecular formula is C15H10ClN3O3S. The van der Waals surface area contributed by atoms with Gasteiger partial charge in [0, 0.05) is 16.7 Å². The number of carbonyl (C=O) groups excluding carboxylic acids is 2. The van der Waals surface area contributed by atoms with Gasteiger partial charge in [-0.3, -0.25) is 20.4 Å². The van der Waals surface area contributed by atoms with Crippen LogP contribution in [0.5, 0.6) is 0 Å². The molecule has 0 saturated heterocycles. The summed E-state index contributed by atoms with van der Waals surface area (Å²) in [5, 5.41) is 6.10. The second kappa shape index (κ2) is 6.64. The number of hydrogen-bond donors (Lipinski definition) is 2. The van der Waals surface area contributed by atoms with Crippen LogP contribution >= 0.6 is 22.9 Å². The van der Waals surface area contributed by atoms with Crippen LogP contribution in [0.1, 0.15) is 20.8 Å². The molecule has 2 aromatic heterocycles. The van der Waals surface area contributed by atoms with Crippen molar-refractivity contribution >= 4 is 34.8 Å². The third-order valence-corrected chi connectivity index (χ3v) is 4.04. The molecule has 2 heterocycles. The molecule has 3 aromatic rings. The van der Waals surface area contributed by atoms with Crippen molar-refractivity contribution in [3.8, 4) is 10.6 Å². The number of carbonyl (C=O) groups is 2. The van der Waals surface area contributed by atoms with Crippen LogP contribution in [0.3, 0.4) is 0 Å². The van der Waals surface area contributed by atoms with Crippen molar-refractivity contribution in [3.63, 3.8) is 0 Å². The van der Waals surface area contributed by atoms with Gasteiger partial charge in [0.2, 0.25) is 0 Å². The van der Waals surface area contributed by atoms with Crippen LogP contribution in [0.2, 0.25) is 5.02 Å². The average molecular weight is 348 g/mol. The van der Waals surface area contributed by atoms with Crippen molar-refractivity contribution in [1.82, 2.24) is 16.0 Å². The summed E-state index contributed by atoms with van der Waals surface area (Å²) in [6, 6.07) is 11.5. The number of nitrogens with one attached hydrogen (secondary N) is 2. The first-order chi connectivity index (χ1) is 11.1. The van der Waals surface area contributed by atoms with Gasteiger partial charge in [-0.25, -0.2) is 0 Å². The molecule has 116 valence electrons. The minimum atomic E-state index is -0.570. The van der Waals surface area contributed by atoms with Crippen molar-refractivity contribution in [3.05, 3.63) is 64.1 Å². The highest BCUT2D eigenvalue weighted by Crippen LogP contribution is 2.24. The van der Waals surface area contributed by atoms with Crippen LogP contribution in [-0.2, 0) is 0 Å². The molecule has 0 radical (unpaired) electrons. The lowest BCUT2D eigenvalue weighted by molar-refractivity contribution is 0.0841. The predicted molar refractivity (Wildman–Crippen MR) is 86.2 cm³/mol. The van der Waals surface area contributed by atoms with Gasteiger partial charge in [-0.2, -0.15) is 0 Å². The van der Waals surface area contributed by atoms with Crippen molar-refractivity contribution in [2.24, 2.45) is 0 Å². The Morgan fingerprint density at radius 1 is 1.09 bits per heavy atom. The van der Waals surface area contributed by atoms with Crippen LogP contribution < -0.4 is 10.9 Å². The van der Waals surface area contributed by atoms with E-state index in [4.69, 9.17) is 16.1 Å². The van der Waals surface area contributed by atoms with E-state index in [0.717, 1.165) is 4.88 Å². The molecule has 0 bridgehead atoms. The lowest BCUT2D eigenvalue weighted by Crippen LogP contribution is -2.41. The molecule has 0 fully saturated rings. The lowest BCUT2D eigenvalue weighted by Gasteiger charge is -2.05. The van der Waals surface area contributed by atoms with Gasteiger partial charge < -0.3 is 4.52 Å². The first-order valence-corrected chi connectivity index (χ1v) is 7.76. The zero-order valence-electron chi connectivity index (χ0n) is 11.6. The number of nitrogens with zero attached hydrogens (tertiary/aromatic N) is 1. The number of amides is 2. The Morgan fingerprint density at radius 2 is 1.83 bits per heavy atom. The lowest BCUT2D eigenvalue weighted by atomic mass is 10.2. The topological polar surface area (TPSA) is 84.2 Å². The van der Waals surface area contributed by atoms with E-state index in [2.05, 4.69) is 16.0 Å². The molecule has 2 N–H and O–H groups in total. The smallest absolute Gasteiger partial charge is 0.291 e. The maximum atomic E-state index is 12.0. The number of benzene rings is 1. The van der Waals surface area contributed by atoms with E-state index in [9.17, 15) is 9.59 Å². The number of thiophene rings is 1. The molecule has 23 heavy (non-hydrogen) atoms. The zero-order valence-corrected chi connectivity index (χ0v) is 13.1. The highest BCUT2D eigenvalue weighted by atomic mass is 35.5. The summed E-state index contributed by atoms with van der Waals surface area (Å²) in [6.45, 7) is 0. The number of hydrogen-bond acceptors (Lipinski definition) is 5. The Morgan fingerprint density at radius 3 is 2.52 bits per heavy atom. The second-order valence-electron chi connectivity index (χ2n) is 4.47. The Kier molecular flexibility index (Phi) is 4.40. The highest BCUT2D eigenvalue weighted by Gasteiger charge is 2.15. The molecular weight excluding hydrogens is 338 g/mol. The number of aromatic nitrogens is 1. The van der Waals surface area contributed by atoms with Gasteiger partial charge in [0.25, 0.3) is 11.8 Å². The van der Waals surface area contributed by atoms with Crippen LogP contribution in [0.25, 0.3) is 10.6 Å². The third-order valence-electron chi connectivity index (χ3n) is 2.90. The van der Waals surface area contributed by atoms with Gasteiger partial charge in [0.15, 0.2) is 11.5 Å². The highest BCUT2D eigenvalue weighted by molar-refractivity contribution is 7.13. The molecule has 0 unspecified atom stereocenters. The SMILES string of the molecule is O=C(NNC(=O)c1cc(-c2cccs2)on1)c1ccc(Cl)cc1. The zero-order chi connectivity index (χ0) is 16.2. The van der Waals surface area contributed by atoms with E-state index < -0.39 is 11.8 Å². The number of hydrazine groups is 1. The fourth-order valence-electron chi connectivity index (χ4n) is 1.77. The van der Waals surface area contributed by atoms with E-state index in [1.807, 2.05) is 17.5 Å². The Labute approximate surface area is 140 Å². The molecule has 2 amide bonds. The first kappa shape index (κ1) is 15.3. The summed E-state index contributed by atoms with van der Waals surface area (Å²) in [7, 11) is 0. The van der Waals surface area contributed by atoms with Crippen LogP contribution in [0.4, 0.5) is 0 Å². The molecule has 0 spiro atoms. The van der Waals surface area contributed by atoms with E-state index >= 15 is 0 Å². The van der Waals surface area contributed by atoms with E-state index in [0.29, 0.717) is 16.3 Å². The van der Waals surface area contributed by atoms with E-state index in [1.165, 1.54) is 17.4 Å². The van der Waals surface area contributed by atoms with Crippen molar-refractivity contribution < 1.29 is 14.1 Å². The van der Waals surface area contributed by atoms with Crippen molar-refractivity contribution in [2.75, 3.05) is 0 Å². The van der Waals surface area contributed by atoms with Crippen molar-refractivity contribution in [2.45, 2.75) is 0 Å². The summed E-state index contributed by atoms with van der Waals surface area (Å²) in [6.07, 6.45) is 0. The summed E-state index contributed by atoms with van der Waals surface area (Å²) in [5.74, 6) is -0.537. The van der Waals surface area contributed by atoms with Crippen molar-refractivity contribution in [1.29, 1.82) is 0 Å². The Balaban J connectivity index is 1.61. The summed E-state index contributed by atoms with van der Waals surface area (Å²) >= 11 is 7.22. The summed E-state index contributed by atoms with van der Waals surface area (Å²) in [4.78, 5) is 24.7. The average Bonchev–Trinajstić information content (AvgIpc) is 3.23. The molecule has 8 heteroatoms. The minimum absolute atomic E-state index is 0.0739. The minimum Gasteiger partial charge on any atom is -0.355 e. The van der Waals surface area contributed by atoms with Crippen LogP contribution in [-0.4, -0.2) is 17.0 Å². The molecule has 1 aromatic carbocycles. The summed E-state index contributed by atoms with van der Waals surface area (Å²) < 4.78 is 5.11. The van der Waals surface area contributed by atoms with Gasteiger partial charge in [0.1, 0.15) is 0 Å². The van der Waals surface area contributed by atoms with Gasteiger partial charge >= 0.3 is 0 Å². The Hall–Kier alpha value is -2.64. The molecule has 0 aliphatic carbocycles.